The topological polar surface area (TPSA) is 71.5 Å². The van der Waals surface area contributed by atoms with E-state index in [1.165, 1.54) is 11.1 Å². The second-order valence-corrected chi connectivity index (χ2v) is 7.87. The van der Waals surface area contributed by atoms with Gasteiger partial charge >= 0.3 is 0 Å². The van der Waals surface area contributed by atoms with Crippen molar-refractivity contribution in [3.63, 3.8) is 0 Å². The number of rotatable bonds is 6. The van der Waals surface area contributed by atoms with Crippen molar-refractivity contribution in [2.45, 2.75) is 32.6 Å². The number of nitrogens with zero attached hydrogens (tertiary/aromatic N) is 5. The van der Waals surface area contributed by atoms with E-state index in [0.29, 0.717) is 18.4 Å². The molecule has 1 fully saturated rings. The van der Waals surface area contributed by atoms with Crippen molar-refractivity contribution in [1.82, 2.24) is 25.0 Å². The van der Waals surface area contributed by atoms with Gasteiger partial charge in [0, 0.05) is 57.3 Å². The molecule has 4 rings (SSSR count). The van der Waals surface area contributed by atoms with Crippen molar-refractivity contribution in [3.05, 3.63) is 59.7 Å². The molecule has 1 aromatic carbocycles. The van der Waals surface area contributed by atoms with Crippen LogP contribution in [-0.4, -0.2) is 51.8 Å². The highest BCUT2D eigenvalue weighted by Gasteiger charge is 2.26. The zero-order valence-electron chi connectivity index (χ0n) is 18.0. The van der Waals surface area contributed by atoms with E-state index in [1.54, 1.807) is 6.26 Å². The number of aryl methyl sites for hydroxylation is 2. The summed E-state index contributed by atoms with van der Waals surface area (Å²) >= 11 is 0. The van der Waals surface area contributed by atoms with Crippen LogP contribution in [-0.2, 0) is 13.5 Å². The molecular weight excluding hydrogens is 376 g/mol. The van der Waals surface area contributed by atoms with Gasteiger partial charge in [0.15, 0.2) is 5.96 Å². The van der Waals surface area contributed by atoms with Crippen LogP contribution in [0.2, 0.25) is 0 Å². The van der Waals surface area contributed by atoms with E-state index in [-0.39, 0.29) is 0 Å². The predicted molar refractivity (Wildman–Crippen MR) is 118 cm³/mol. The Morgan fingerprint density at radius 3 is 2.87 bits per heavy atom. The van der Waals surface area contributed by atoms with Crippen LogP contribution in [0.25, 0.3) is 11.5 Å². The first-order valence-electron chi connectivity index (χ1n) is 10.7. The average molecular weight is 407 g/mol. The van der Waals surface area contributed by atoms with Crippen LogP contribution >= 0.6 is 0 Å². The number of oxazole rings is 1. The van der Waals surface area contributed by atoms with Gasteiger partial charge in [-0.2, -0.15) is 5.10 Å². The van der Waals surface area contributed by atoms with Crippen molar-refractivity contribution in [2.24, 2.45) is 12.0 Å². The third kappa shape index (κ3) is 4.72. The van der Waals surface area contributed by atoms with Crippen molar-refractivity contribution in [2.75, 3.05) is 26.2 Å². The molecule has 1 aliphatic rings. The second-order valence-electron chi connectivity index (χ2n) is 7.87. The van der Waals surface area contributed by atoms with Gasteiger partial charge in [-0.1, -0.05) is 17.7 Å². The Balaban J connectivity index is 1.36. The van der Waals surface area contributed by atoms with Gasteiger partial charge in [0.25, 0.3) is 0 Å². The smallest absolute Gasteiger partial charge is 0.226 e. The summed E-state index contributed by atoms with van der Waals surface area (Å²) in [6, 6.07) is 8.22. The van der Waals surface area contributed by atoms with Gasteiger partial charge in [-0.15, -0.1) is 0 Å². The van der Waals surface area contributed by atoms with E-state index in [2.05, 4.69) is 52.5 Å². The molecule has 3 heterocycles. The minimum absolute atomic E-state index is 0.509. The molecule has 1 atom stereocenters. The van der Waals surface area contributed by atoms with E-state index in [1.807, 2.05) is 30.1 Å². The van der Waals surface area contributed by atoms with Crippen LogP contribution in [0.3, 0.4) is 0 Å². The third-order valence-electron chi connectivity index (χ3n) is 5.50. The quantitative estimate of drug-likeness (QED) is 0.502. The van der Waals surface area contributed by atoms with Gasteiger partial charge in [0.05, 0.1) is 11.9 Å². The molecule has 0 saturated carbocycles. The van der Waals surface area contributed by atoms with E-state index in [9.17, 15) is 0 Å². The van der Waals surface area contributed by atoms with E-state index in [0.717, 1.165) is 49.7 Å². The molecule has 0 radical (unpaired) electrons. The molecule has 7 nitrogen and oxygen atoms in total. The van der Waals surface area contributed by atoms with Gasteiger partial charge in [0.1, 0.15) is 6.26 Å². The lowest BCUT2D eigenvalue weighted by Gasteiger charge is -2.21. The highest BCUT2D eigenvalue weighted by Crippen LogP contribution is 2.26. The zero-order valence-corrected chi connectivity index (χ0v) is 18.0. The standard InChI is InChI=1S/C23H30N6O/c1-4-24-23(29-12-10-19(15-29)20-13-26-28(3)14-20)25-11-9-21-16-30-22(27-21)18-7-5-17(2)6-8-18/h5-8,13-14,16,19H,4,9-12,15H2,1-3H3,(H,24,25). The molecule has 0 spiro atoms. The Kier molecular flexibility index (Phi) is 6.16. The van der Waals surface area contributed by atoms with Crippen LogP contribution in [0.15, 0.2) is 52.3 Å². The van der Waals surface area contributed by atoms with E-state index < -0.39 is 0 Å². The normalized spacial score (nSPS) is 17.0. The van der Waals surface area contributed by atoms with E-state index in [4.69, 9.17) is 9.41 Å². The summed E-state index contributed by atoms with van der Waals surface area (Å²) in [5, 5.41) is 7.75. The maximum Gasteiger partial charge on any atom is 0.226 e. The van der Waals surface area contributed by atoms with Gasteiger partial charge in [0.2, 0.25) is 5.89 Å². The maximum absolute atomic E-state index is 5.67. The minimum Gasteiger partial charge on any atom is -0.444 e. The molecule has 158 valence electrons. The average Bonchev–Trinajstić information content (AvgIpc) is 3.48. The first-order valence-corrected chi connectivity index (χ1v) is 10.7. The van der Waals surface area contributed by atoms with Gasteiger partial charge in [-0.3, -0.25) is 9.67 Å². The number of likely N-dealkylation sites (tertiary alicyclic amines) is 1. The molecule has 30 heavy (non-hydrogen) atoms. The SMILES string of the molecule is CCNC(=NCCc1coc(-c2ccc(C)cc2)n1)N1CCC(c2cnn(C)c2)C1. The Labute approximate surface area is 177 Å². The predicted octanol–water partition coefficient (Wildman–Crippen LogP) is 3.38. The summed E-state index contributed by atoms with van der Waals surface area (Å²) in [7, 11) is 1.97. The molecule has 1 aliphatic heterocycles. The number of hydrogen-bond donors (Lipinski definition) is 1. The Hall–Kier alpha value is -3.09. The molecule has 0 amide bonds. The number of benzene rings is 1. The number of hydrogen-bond acceptors (Lipinski definition) is 4. The zero-order chi connectivity index (χ0) is 20.9. The van der Waals surface area contributed by atoms with Gasteiger partial charge < -0.3 is 14.6 Å². The largest absolute Gasteiger partial charge is 0.444 e. The second kappa shape index (κ2) is 9.15. The summed E-state index contributed by atoms with van der Waals surface area (Å²) in [5.41, 5.74) is 4.47. The summed E-state index contributed by atoms with van der Waals surface area (Å²) in [6.07, 6.45) is 7.72. The molecule has 1 saturated heterocycles. The van der Waals surface area contributed by atoms with Gasteiger partial charge in [-0.25, -0.2) is 4.98 Å². The highest BCUT2D eigenvalue weighted by molar-refractivity contribution is 5.80. The van der Waals surface area contributed by atoms with Gasteiger partial charge in [-0.05, 0) is 38.0 Å². The van der Waals surface area contributed by atoms with Crippen molar-refractivity contribution in [1.29, 1.82) is 0 Å². The lowest BCUT2D eigenvalue weighted by molar-refractivity contribution is 0.486. The Morgan fingerprint density at radius 2 is 2.13 bits per heavy atom. The van der Waals surface area contributed by atoms with Crippen LogP contribution in [0.5, 0.6) is 0 Å². The first kappa shape index (κ1) is 20.2. The lowest BCUT2D eigenvalue weighted by atomic mass is 10.0. The van der Waals surface area contributed by atoms with Crippen LogP contribution < -0.4 is 5.32 Å². The van der Waals surface area contributed by atoms with Crippen molar-refractivity contribution >= 4 is 5.96 Å². The first-order chi connectivity index (χ1) is 14.6. The van der Waals surface area contributed by atoms with Crippen molar-refractivity contribution < 1.29 is 4.42 Å². The molecule has 1 unspecified atom stereocenters. The van der Waals surface area contributed by atoms with Crippen LogP contribution in [0, 0.1) is 6.92 Å². The Morgan fingerprint density at radius 1 is 1.30 bits per heavy atom. The number of nitrogens with one attached hydrogen (secondary N) is 1. The highest BCUT2D eigenvalue weighted by atomic mass is 16.3. The molecule has 3 aromatic rings. The van der Waals surface area contributed by atoms with Crippen LogP contribution in [0.1, 0.15) is 36.1 Å². The summed E-state index contributed by atoms with van der Waals surface area (Å²) < 4.78 is 7.54. The number of aliphatic imine (C=N–C) groups is 1. The minimum atomic E-state index is 0.509. The molecule has 2 aromatic heterocycles. The van der Waals surface area contributed by atoms with E-state index >= 15 is 0 Å². The number of guanidine groups is 1. The van der Waals surface area contributed by atoms with Crippen LogP contribution in [0.4, 0.5) is 0 Å². The fourth-order valence-corrected chi connectivity index (χ4v) is 3.83. The summed E-state index contributed by atoms with van der Waals surface area (Å²) in [6.45, 7) is 7.69. The van der Waals surface area contributed by atoms with Crippen molar-refractivity contribution in [3.8, 4) is 11.5 Å². The summed E-state index contributed by atoms with van der Waals surface area (Å²) in [4.78, 5) is 11.8. The molecule has 0 bridgehead atoms. The monoisotopic (exact) mass is 406 g/mol. The molecule has 7 heteroatoms. The lowest BCUT2D eigenvalue weighted by Crippen LogP contribution is -2.40. The fraction of sp³-hybridized carbons (Fsp3) is 0.435. The molecule has 0 aliphatic carbocycles. The summed E-state index contributed by atoms with van der Waals surface area (Å²) in [5.74, 6) is 2.15. The third-order valence-corrected chi connectivity index (χ3v) is 5.50. The maximum atomic E-state index is 5.67. The number of aromatic nitrogens is 3. The Bertz CT molecular complexity index is 987. The molecule has 1 N–H and O–H groups in total. The fourth-order valence-electron chi connectivity index (χ4n) is 3.83. The molecular formula is C23H30N6O.